The van der Waals surface area contributed by atoms with Crippen molar-refractivity contribution in [2.24, 2.45) is 7.05 Å². The molecule has 0 bridgehead atoms. The van der Waals surface area contributed by atoms with E-state index in [2.05, 4.69) is 5.10 Å². The van der Waals surface area contributed by atoms with Crippen LogP contribution in [0.2, 0.25) is 0 Å². The van der Waals surface area contributed by atoms with Gasteiger partial charge in [-0.15, -0.1) is 0 Å². The van der Waals surface area contributed by atoms with Gasteiger partial charge in [0.15, 0.2) is 17.5 Å². The second-order valence-electron chi connectivity index (χ2n) is 4.66. The maximum absolute atomic E-state index is 13.5. The van der Waals surface area contributed by atoms with Crippen LogP contribution >= 0.6 is 0 Å². The molecule has 2 rings (SSSR count). The molecule has 0 aliphatic carbocycles. The summed E-state index contributed by atoms with van der Waals surface area (Å²) < 4.78 is 92.1. The van der Waals surface area contributed by atoms with Gasteiger partial charge in [-0.05, 0) is 12.1 Å². The third kappa shape index (κ3) is 4.04. The molecule has 2 aromatic rings. The van der Waals surface area contributed by atoms with Crippen LogP contribution in [0.25, 0.3) is 0 Å². The molecule has 7 nitrogen and oxygen atoms in total. The van der Waals surface area contributed by atoms with Gasteiger partial charge in [-0.2, -0.15) is 13.5 Å². The normalized spacial score (nSPS) is 11.6. The lowest BCUT2D eigenvalue weighted by Crippen LogP contribution is -2.36. The Bertz CT molecular complexity index is 929. The van der Waals surface area contributed by atoms with E-state index in [0.717, 1.165) is 10.9 Å². The van der Waals surface area contributed by atoms with Crippen molar-refractivity contribution in [3.05, 3.63) is 47.0 Å². The van der Waals surface area contributed by atoms with Crippen LogP contribution < -0.4 is 9.44 Å². The predicted molar refractivity (Wildman–Crippen MR) is 74.5 cm³/mol. The maximum Gasteiger partial charge on any atom is 0.324 e. The molecule has 13 heteroatoms. The Kier molecular flexibility index (Phi) is 4.97. The molecule has 0 saturated heterocycles. The summed E-state index contributed by atoms with van der Waals surface area (Å²) in [5.41, 5.74) is -2.68. The quantitative estimate of drug-likeness (QED) is 0.608. The van der Waals surface area contributed by atoms with Gasteiger partial charge >= 0.3 is 10.2 Å². The van der Waals surface area contributed by atoms with Crippen molar-refractivity contribution in [3.8, 4) is 0 Å². The fourth-order valence-corrected chi connectivity index (χ4v) is 2.65. The number of aromatic nitrogens is 2. The standard InChI is InChI=1S/C12H9F5N4O3S/c1-21-4-5(10(18-21)11(16)17)12(22)20-25(23,24)19-7-3-2-6(13)8(14)9(7)15/h2-4,11,19H,1H3,(H,20,22). The first-order valence-corrected chi connectivity index (χ1v) is 7.80. The average molecular weight is 384 g/mol. The van der Waals surface area contributed by atoms with Gasteiger partial charge in [0.1, 0.15) is 5.69 Å². The number of hydrogen-bond donors (Lipinski definition) is 2. The minimum Gasteiger partial charge on any atom is -0.275 e. The summed E-state index contributed by atoms with van der Waals surface area (Å²) in [6.45, 7) is 0. The fourth-order valence-electron chi connectivity index (χ4n) is 1.79. The highest BCUT2D eigenvalue weighted by atomic mass is 32.2. The van der Waals surface area contributed by atoms with Crippen molar-refractivity contribution in [1.29, 1.82) is 0 Å². The van der Waals surface area contributed by atoms with Crippen molar-refractivity contribution in [1.82, 2.24) is 14.5 Å². The lowest BCUT2D eigenvalue weighted by molar-refractivity contribution is 0.0966. The van der Waals surface area contributed by atoms with Crippen molar-refractivity contribution < 1.29 is 35.2 Å². The molecule has 1 aromatic heterocycles. The van der Waals surface area contributed by atoms with E-state index in [1.807, 2.05) is 0 Å². The van der Waals surface area contributed by atoms with E-state index in [9.17, 15) is 35.2 Å². The van der Waals surface area contributed by atoms with E-state index < -0.39 is 56.9 Å². The molecule has 1 amide bonds. The van der Waals surface area contributed by atoms with Crippen LogP contribution in [0.4, 0.5) is 27.6 Å². The summed E-state index contributed by atoms with van der Waals surface area (Å²) in [6, 6.07) is 1.03. The number of nitrogens with zero attached hydrogens (tertiary/aromatic N) is 2. The summed E-state index contributed by atoms with van der Waals surface area (Å²) in [7, 11) is -3.60. The van der Waals surface area contributed by atoms with Crippen LogP contribution in [-0.4, -0.2) is 24.1 Å². The Hall–Kier alpha value is -2.70. The van der Waals surface area contributed by atoms with Crippen LogP contribution in [0, 0.1) is 17.5 Å². The third-order valence-electron chi connectivity index (χ3n) is 2.82. The van der Waals surface area contributed by atoms with Gasteiger partial charge in [0.2, 0.25) is 0 Å². The molecule has 0 spiro atoms. The van der Waals surface area contributed by atoms with Gasteiger partial charge in [-0.25, -0.2) is 26.7 Å². The number of carbonyl (C=O) groups is 1. The lowest BCUT2D eigenvalue weighted by atomic mass is 10.2. The lowest BCUT2D eigenvalue weighted by Gasteiger charge is -2.10. The minimum absolute atomic E-state index is 0.452. The first kappa shape index (κ1) is 18.6. The number of benzene rings is 1. The van der Waals surface area contributed by atoms with Gasteiger partial charge < -0.3 is 0 Å². The highest BCUT2D eigenvalue weighted by Gasteiger charge is 2.26. The van der Waals surface area contributed by atoms with Crippen LogP contribution in [0.15, 0.2) is 18.3 Å². The van der Waals surface area contributed by atoms with Gasteiger partial charge in [-0.3, -0.25) is 14.2 Å². The van der Waals surface area contributed by atoms with Crippen LogP contribution in [0.1, 0.15) is 22.5 Å². The van der Waals surface area contributed by atoms with E-state index in [4.69, 9.17) is 0 Å². The molecule has 0 saturated carbocycles. The smallest absolute Gasteiger partial charge is 0.275 e. The zero-order valence-corrected chi connectivity index (χ0v) is 13.0. The second kappa shape index (κ2) is 6.66. The number of rotatable bonds is 5. The third-order valence-corrected chi connectivity index (χ3v) is 3.76. The number of nitrogens with one attached hydrogen (secondary N) is 2. The molecule has 136 valence electrons. The summed E-state index contributed by atoms with van der Waals surface area (Å²) in [5.74, 6) is -6.80. The van der Waals surface area contributed by atoms with Crippen LogP contribution in [-0.2, 0) is 17.3 Å². The highest BCUT2D eigenvalue weighted by molar-refractivity contribution is 7.91. The molecule has 25 heavy (non-hydrogen) atoms. The van der Waals surface area contributed by atoms with Gasteiger partial charge in [0, 0.05) is 13.2 Å². The summed E-state index contributed by atoms with van der Waals surface area (Å²) >= 11 is 0. The van der Waals surface area contributed by atoms with Crippen molar-refractivity contribution in [3.63, 3.8) is 0 Å². The summed E-state index contributed by atoms with van der Waals surface area (Å²) in [6.07, 6.45) is -2.30. The van der Waals surface area contributed by atoms with Gasteiger partial charge in [0.25, 0.3) is 12.3 Å². The molecule has 0 aliphatic rings. The van der Waals surface area contributed by atoms with Gasteiger partial charge in [-0.1, -0.05) is 0 Å². The van der Waals surface area contributed by atoms with E-state index >= 15 is 0 Å². The maximum atomic E-state index is 13.5. The number of hydrogen-bond acceptors (Lipinski definition) is 4. The van der Waals surface area contributed by atoms with Crippen LogP contribution in [0.3, 0.4) is 0 Å². The Balaban J connectivity index is 2.25. The first-order chi connectivity index (χ1) is 11.5. The average Bonchev–Trinajstić information content (AvgIpc) is 2.90. The Morgan fingerprint density at radius 2 is 1.84 bits per heavy atom. The van der Waals surface area contributed by atoms with E-state index in [0.29, 0.717) is 12.1 Å². The molecule has 0 radical (unpaired) electrons. The molecule has 2 N–H and O–H groups in total. The first-order valence-electron chi connectivity index (χ1n) is 6.32. The number of aryl methyl sites for hydroxylation is 1. The van der Waals surface area contributed by atoms with Crippen molar-refractivity contribution in [2.75, 3.05) is 4.72 Å². The number of alkyl halides is 2. The Labute approximate surface area is 137 Å². The fraction of sp³-hybridized carbons (Fsp3) is 0.167. The SMILES string of the molecule is Cn1cc(C(=O)NS(=O)(=O)Nc2ccc(F)c(F)c2F)c(C(F)F)n1. The summed E-state index contributed by atoms with van der Waals surface area (Å²) in [4.78, 5) is 11.9. The number of anilines is 1. The summed E-state index contributed by atoms with van der Waals surface area (Å²) in [5, 5.41) is 3.32. The van der Waals surface area contributed by atoms with Crippen molar-refractivity contribution in [2.45, 2.75) is 6.43 Å². The molecule has 1 heterocycles. The molecular weight excluding hydrogens is 375 g/mol. The van der Waals surface area contributed by atoms with E-state index in [1.54, 1.807) is 0 Å². The highest BCUT2D eigenvalue weighted by Crippen LogP contribution is 2.22. The Morgan fingerprint density at radius 3 is 2.44 bits per heavy atom. The molecular formula is C12H9F5N4O3S. The minimum atomic E-state index is -4.83. The van der Waals surface area contributed by atoms with Crippen molar-refractivity contribution >= 4 is 21.8 Å². The zero-order valence-electron chi connectivity index (χ0n) is 12.2. The molecule has 0 atom stereocenters. The van der Waals surface area contributed by atoms with Gasteiger partial charge in [0.05, 0.1) is 11.3 Å². The predicted octanol–water partition coefficient (Wildman–Crippen LogP) is 1.86. The second-order valence-corrected chi connectivity index (χ2v) is 6.08. The molecule has 0 unspecified atom stereocenters. The largest absolute Gasteiger partial charge is 0.324 e. The van der Waals surface area contributed by atoms with E-state index in [-0.39, 0.29) is 0 Å². The number of amides is 1. The monoisotopic (exact) mass is 384 g/mol. The zero-order chi connectivity index (χ0) is 18.9. The Morgan fingerprint density at radius 1 is 1.20 bits per heavy atom. The molecule has 0 aliphatic heterocycles. The van der Waals surface area contributed by atoms with E-state index in [1.165, 1.54) is 16.5 Å². The number of halogens is 5. The molecule has 1 aromatic carbocycles. The van der Waals surface area contributed by atoms with Crippen LogP contribution in [0.5, 0.6) is 0 Å². The molecule has 0 fully saturated rings. The number of carbonyl (C=O) groups excluding carboxylic acids is 1. The topological polar surface area (TPSA) is 93.1 Å².